The zero-order valence-electron chi connectivity index (χ0n) is 22.5. The van der Waals surface area contributed by atoms with Crippen LogP contribution in [0.2, 0.25) is 0 Å². The van der Waals surface area contributed by atoms with E-state index >= 15 is 0 Å². The number of carbonyl (C=O) groups excluding carboxylic acids is 4. The monoisotopic (exact) mass is 516 g/mol. The van der Waals surface area contributed by atoms with Crippen LogP contribution >= 0.6 is 0 Å². The van der Waals surface area contributed by atoms with Gasteiger partial charge < -0.3 is 25.0 Å². The predicted octanol–water partition coefficient (Wildman–Crippen LogP) is 1.87. The number of hydrogen-bond acceptors (Lipinski definition) is 7. The molecule has 0 aromatic heterocycles. The fourth-order valence-electron chi connectivity index (χ4n) is 4.90. The third kappa shape index (κ3) is 7.92. The summed E-state index contributed by atoms with van der Waals surface area (Å²) in [7, 11) is 1.28. The summed E-state index contributed by atoms with van der Waals surface area (Å²) in [5.41, 5.74) is 0.172. The van der Waals surface area contributed by atoms with Gasteiger partial charge in [0.25, 0.3) is 0 Å². The van der Waals surface area contributed by atoms with Gasteiger partial charge in [-0.3, -0.25) is 14.5 Å². The van der Waals surface area contributed by atoms with Crippen molar-refractivity contribution in [3.05, 3.63) is 35.9 Å². The van der Waals surface area contributed by atoms with E-state index in [9.17, 15) is 19.2 Å². The van der Waals surface area contributed by atoms with Gasteiger partial charge in [0.05, 0.1) is 7.11 Å². The molecule has 3 rings (SSSR count). The van der Waals surface area contributed by atoms with Gasteiger partial charge in [-0.15, -0.1) is 0 Å². The summed E-state index contributed by atoms with van der Waals surface area (Å²) in [5, 5.41) is 5.43. The van der Waals surface area contributed by atoms with Crippen LogP contribution < -0.4 is 10.6 Å². The second-order valence-electron chi connectivity index (χ2n) is 10.8. The minimum Gasteiger partial charge on any atom is -0.467 e. The summed E-state index contributed by atoms with van der Waals surface area (Å²) < 4.78 is 10.2. The molecule has 0 unspecified atom stereocenters. The summed E-state index contributed by atoms with van der Waals surface area (Å²) in [6.07, 6.45) is 2.61. The van der Waals surface area contributed by atoms with Gasteiger partial charge in [-0.2, -0.15) is 0 Å². The van der Waals surface area contributed by atoms with E-state index in [1.807, 2.05) is 30.3 Å². The molecule has 0 bridgehead atoms. The molecule has 0 spiro atoms. The number of carbonyl (C=O) groups is 4. The van der Waals surface area contributed by atoms with Gasteiger partial charge in [-0.25, -0.2) is 9.59 Å². The number of nitrogens with zero attached hydrogens (tertiary/aromatic N) is 2. The molecule has 2 aliphatic rings. The molecule has 4 atom stereocenters. The lowest BCUT2D eigenvalue weighted by molar-refractivity contribution is -0.150. The van der Waals surface area contributed by atoms with Gasteiger partial charge in [-0.05, 0) is 52.6 Å². The number of esters is 1. The van der Waals surface area contributed by atoms with Crippen molar-refractivity contribution < 1.29 is 28.7 Å². The average molecular weight is 517 g/mol. The standard InChI is InChI=1S/C27H40N4O6/c1-18(28-26(35)37-27(2,3)4)24(33)31-16-20-13-9-10-14-30(20)17-22(31)23(32)29-21(25(34)36-5)15-19-11-7-6-8-12-19/h6-8,11-12,18,20-22H,9-10,13-17H2,1-5H3,(H,28,35)(H,29,32)/t18-,20+,21-,22-/m0/s1. The molecule has 10 heteroatoms. The zero-order valence-corrected chi connectivity index (χ0v) is 22.5. The van der Waals surface area contributed by atoms with Crippen LogP contribution in [-0.4, -0.2) is 90.2 Å². The number of ether oxygens (including phenoxy) is 2. The number of nitrogens with one attached hydrogen (secondary N) is 2. The van der Waals surface area contributed by atoms with Gasteiger partial charge in [0, 0.05) is 25.6 Å². The zero-order chi connectivity index (χ0) is 27.2. The largest absolute Gasteiger partial charge is 0.467 e. The first-order valence-electron chi connectivity index (χ1n) is 12.9. The quantitative estimate of drug-likeness (QED) is 0.531. The van der Waals surface area contributed by atoms with Crippen LogP contribution in [0.25, 0.3) is 0 Å². The molecule has 2 heterocycles. The molecule has 0 aliphatic carbocycles. The average Bonchev–Trinajstić information content (AvgIpc) is 2.85. The molecule has 2 fully saturated rings. The smallest absolute Gasteiger partial charge is 0.408 e. The van der Waals surface area contributed by atoms with Crippen LogP contribution in [0.3, 0.4) is 0 Å². The van der Waals surface area contributed by atoms with Crippen molar-refractivity contribution in [3.63, 3.8) is 0 Å². The highest BCUT2D eigenvalue weighted by Crippen LogP contribution is 2.25. The normalized spacial score (nSPS) is 21.7. The molecule has 37 heavy (non-hydrogen) atoms. The van der Waals surface area contributed by atoms with Crippen LogP contribution in [0.4, 0.5) is 4.79 Å². The highest BCUT2D eigenvalue weighted by molar-refractivity contribution is 5.93. The maximum Gasteiger partial charge on any atom is 0.408 e. The number of piperidine rings is 1. The maximum atomic E-state index is 13.6. The third-order valence-electron chi connectivity index (χ3n) is 6.71. The van der Waals surface area contributed by atoms with Crippen LogP contribution in [0.1, 0.15) is 52.5 Å². The third-order valence-corrected chi connectivity index (χ3v) is 6.71. The number of rotatable bonds is 7. The number of fused-ring (bicyclic) bond motifs is 1. The Bertz CT molecular complexity index is 963. The summed E-state index contributed by atoms with van der Waals surface area (Å²) in [4.78, 5) is 55.7. The van der Waals surface area contributed by atoms with Crippen molar-refractivity contribution in [2.45, 2.75) is 83.1 Å². The summed E-state index contributed by atoms with van der Waals surface area (Å²) >= 11 is 0. The van der Waals surface area contributed by atoms with Gasteiger partial charge in [0.1, 0.15) is 23.7 Å². The Labute approximate surface area is 219 Å². The fraction of sp³-hybridized carbons (Fsp3) is 0.630. The molecule has 0 saturated carbocycles. The van der Waals surface area contributed by atoms with Crippen LogP contribution in [-0.2, 0) is 30.3 Å². The highest BCUT2D eigenvalue weighted by Gasteiger charge is 2.43. The number of benzene rings is 1. The second kappa shape index (κ2) is 12.4. The van der Waals surface area contributed by atoms with E-state index in [1.54, 1.807) is 32.6 Å². The Morgan fingerprint density at radius 1 is 1.05 bits per heavy atom. The first-order valence-corrected chi connectivity index (χ1v) is 12.9. The lowest BCUT2D eigenvalue weighted by Crippen LogP contribution is -2.67. The van der Waals surface area contributed by atoms with E-state index < -0.39 is 41.7 Å². The van der Waals surface area contributed by atoms with Crippen molar-refractivity contribution in [1.82, 2.24) is 20.4 Å². The Hall–Kier alpha value is -3.14. The van der Waals surface area contributed by atoms with E-state index in [0.717, 1.165) is 31.4 Å². The van der Waals surface area contributed by atoms with Crippen molar-refractivity contribution in [3.8, 4) is 0 Å². The second-order valence-corrected chi connectivity index (χ2v) is 10.8. The maximum absolute atomic E-state index is 13.6. The number of alkyl carbamates (subject to hydrolysis) is 1. The number of amides is 3. The van der Waals surface area contributed by atoms with Crippen molar-refractivity contribution >= 4 is 23.9 Å². The number of methoxy groups -OCH3 is 1. The fourth-order valence-corrected chi connectivity index (χ4v) is 4.90. The lowest BCUT2D eigenvalue weighted by Gasteiger charge is -2.48. The van der Waals surface area contributed by atoms with Crippen molar-refractivity contribution in [2.24, 2.45) is 0 Å². The summed E-state index contributed by atoms with van der Waals surface area (Å²) in [6, 6.07) is 6.91. The van der Waals surface area contributed by atoms with Gasteiger partial charge in [0.2, 0.25) is 11.8 Å². The molecule has 2 N–H and O–H groups in total. The SMILES string of the molecule is COC(=O)[C@H](Cc1ccccc1)NC(=O)[C@@H]1CN2CCCC[C@@H]2CN1C(=O)[C@H](C)NC(=O)OC(C)(C)C. The number of hydrogen-bond donors (Lipinski definition) is 2. The van der Waals surface area contributed by atoms with Crippen molar-refractivity contribution in [1.29, 1.82) is 0 Å². The molecular formula is C27H40N4O6. The number of piperazine rings is 1. The van der Waals surface area contributed by atoms with Gasteiger partial charge in [-0.1, -0.05) is 36.8 Å². The van der Waals surface area contributed by atoms with Gasteiger partial charge >= 0.3 is 12.1 Å². The summed E-state index contributed by atoms with van der Waals surface area (Å²) in [6.45, 7) is 8.41. The molecule has 1 aromatic rings. The highest BCUT2D eigenvalue weighted by atomic mass is 16.6. The Kier molecular flexibility index (Phi) is 9.53. The van der Waals surface area contributed by atoms with Crippen molar-refractivity contribution in [2.75, 3.05) is 26.7 Å². The molecule has 2 aliphatic heterocycles. The predicted molar refractivity (Wildman–Crippen MR) is 138 cm³/mol. The molecule has 0 radical (unpaired) electrons. The molecule has 10 nitrogen and oxygen atoms in total. The Morgan fingerprint density at radius 2 is 1.76 bits per heavy atom. The Balaban J connectivity index is 1.77. The van der Waals surface area contributed by atoms with E-state index in [4.69, 9.17) is 9.47 Å². The van der Waals surface area contributed by atoms with E-state index in [1.165, 1.54) is 7.11 Å². The first kappa shape index (κ1) is 28.4. The van der Waals surface area contributed by atoms with E-state index in [-0.39, 0.29) is 18.4 Å². The molecule has 204 valence electrons. The molecule has 2 saturated heterocycles. The minimum atomic E-state index is -0.895. The lowest BCUT2D eigenvalue weighted by atomic mass is 9.95. The molecular weight excluding hydrogens is 476 g/mol. The Morgan fingerprint density at radius 3 is 2.41 bits per heavy atom. The first-order chi connectivity index (χ1) is 17.5. The van der Waals surface area contributed by atoms with Gasteiger partial charge in [0.15, 0.2) is 0 Å². The van der Waals surface area contributed by atoms with Crippen LogP contribution in [0.5, 0.6) is 0 Å². The van der Waals surface area contributed by atoms with Crippen LogP contribution in [0.15, 0.2) is 30.3 Å². The minimum absolute atomic E-state index is 0.149. The van der Waals surface area contributed by atoms with Crippen LogP contribution in [0, 0.1) is 0 Å². The molecule has 3 amide bonds. The van der Waals surface area contributed by atoms with E-state index in [2.05, 4.69) is 15.5 Å². The topological polar surface area (TPSA) is 117 Å². The summed E-state index contributed by atoms with van der Waals surface area (Å²) in [5.74, 6) is -1.34. The molecule has 1 aromatic carbocycles. The van der Waals surface area contributed by atoms with E-state index in [0.29, 0.717) is 13.1 Å².